The minimum absolute atomic E-state index is 0.230. The van der Waals surface area contributed by atoms with Gasteiger partial charge in [-0.05, 0) is 39.8 Å². The third-order valence-corrected chi connectivity index (χ3v) is 6.03. The minimum atomic E-state index is -2.91. The molecule has 0 N–H and O–H groups in total. The van der Waals surface area contributed by atoms with E-state index in [1.165, 1.54) is 9.08 Å². The van der Waals surface area contributed by atoms with Gasteiger partial charge in [-0.1, -0.05) is 0 Å². The molecule has 31 heavy (non-hydrogen) atoms. The van der Waals surface area contributed by atoms with Crippen LogP contribution in [0.4, 0.5) is 0 Å². The maximum absolute atomic E-state index is 11.9. The molecule has 0 aliphatic heterocycles. The summed E-state index contributed by atoms with van der Waals surface area (Å²) in [5.41, 5.74) is 1.40. The van der Waals surface area contributed by atoms with E-state index in [0.29, 0.717) is 30.1 Å². The van der Waals surface area contributed by atoms with E-state index in [0.717, 1.165) is 0 Å². The lowest BCUT2D eigenvalue weighted by molar-refractivity contribution is 0.0524. The molecule has 166 valence electrons. The highest BCUT2D eigenvalue weighted by atomic mass is 32.5. The molecule has 12 heteroatoms. The van der Waals surface area contributed by atoms with E-state index < -0.39 is 12.7 Å². The molecule has 0 saturated carbocycles. The molecule has 0 bridgehead atoms. The summed E-state index contributed by atoms with van der Waals surface area (Å²) >= 11 is 5.32. The van der Waals surface area contributed by atoms with Crippen LogP contribution in [0.25, 0.3) is 5.65 Å². The Hall–Kier alpha value is -2.77. The van der Waals surface area contributed by atoms with Gasteiger partial charge in [0.1, 0.15) is 0 Å². The summed E-state index contributed by atoms with van der Waals surface area (Å²) in [6, 6.07) is 5.23. The van der Waals surface area contributed by atoms with Crippen molar-refractivity contribution in [1.82, 2.24) is 19.2 Å². The number of fused-ring (bicyclic) bond motifs is 1. The molecule has 3 rings (SSSR count). The normalized spacial score (nSPS) is 10.8. The summed E-state index contributed by atoms with van der Waals surface area (Å²) in [5.74, 6) is -0.218. The van der Waals surface area contributed by atoms with Gasteiger partial charge in [0, 0.05) is 36.5 Å². The first kappa shape index (κ1) is 24.5. The first-order valence-electron chi connectivity index (χ1n) is 9.51. The van der Waals surface area contributed by atoms with Gasteiger partial charge in [-0.25, -0.2) is 14.3 Å². The van der Waals surface area contributed by atoms with Crippen LogP contribution in [0.2, 0.25) is 0 Å². The van der Waals surface area contributed by atoms with Gasteiger partial charge in [0.25, 0.3) is 0 Å². The molecule has 3 heterocycles. The molecular formula is C19H24N5O5PS. The molecule has 0 aliphatic rings. The van der Waals surface area contributed by atoms with Crippen LogP contribution < -0.4 is 4.52 Å². The van der Waals surface area contributed by atoms with Gasteiger partial charge in [0.15, 0.2) is 11.8 Å². The minimum Gasteiger partial charge on any atom is -0.462 e. The number of rotatable bonds is 8. The van der Waals surface area contributed by atoms with Crippen molar-refractivity contribution in [3.63, 3.8) is 0 Å². The molecule has 0 saturated heterocycles. The molecular weight excluding hydrogens is 441 g/mol. The van der Waals surface area contributed by atoms with E-state index in [1.54, 1.807) is 38.5 Å². The van der Waals surface area contributed by atoms with Crippen LogP contribution in [0, 0.1) is 18.4 Å². The Labute approximate surface area is 185 Å². The van der Waals surface area contributed by atoms with Crippen LogP contribution in [-0.2, 0) is 25.6 Å². The summed E-state index contributed by atoms with van der Waals surface area (Å²) < 4.78 is 24.4. The van der Waals surface area contributed by atoms with Crippen molar-refractivity contribution in [1.29, 1.82) is 5.26 Å². The second-order valence-electron chi connectivity index (χ2n) is 5.81. The Morgan fingerprint density at radius 1 is 1.19 bits per heavy atom. The first-order valence-corrected chi connectivity index (χ1v) is 12.1. The second kappa shape index (κ2) is 11.6. The lowest BCUT2D eigenvalue weighted by atomic mass is 10.2. The average molecular weight is 465 g/mol. The topological polar surface area (TPSA) is 113 Å². The van der Waals surface area contributed by atoms with Crippen molar-refractivity contribution in [2.24, 2.45) is 0 Å². The largest absolute Gasteiger partial charge is 0.462 e. The molecule has 0 spiro atoms. The van der Waals surface area contributed by atoms with E-state index in [1.807, 2.05) is 32.2 Å². The number of nitriles is 1. The fourth-order valence-corrected chi connectivity index (χ4v) is 4.36. The summed E-state index contributed by atoms with van der Waals surface area (Å²) in [6.45, 7) is 5.20. The van der Waals surface area contributed by atoms with Gasteiger partial charge in [-0.2, -0.15) is 5.26 Å². The summed E-state index contributed by atoms with van der Waals surface area (Å²) in [4.78, 5) is 16.3. The quantitative estimate of drug-likeness (QED) is 0.363. The Kier molecular flexibility index (Phi) is 9.15. The smallest absolute Gasteiger partial charge is 0.381 e. The highest BCUT2D eigenvalue weighted by Gasteiger charge is 2.23. The molecule has 0 aliphatic carbocycles. The fraction of sp³-hybridized carbons (Fsp3) is 0.368. The second-order valence-corrected chi connectivity index (χ2v) is 8.75. The van der Waals surface area contributed by atoms with Gasteiger partial charge >= 0.3 is 12.7 Å². The highest BCUT2D eigenvalue weighted by Crippen LogP contribution is 2.49. The maximum Gasteiger partial charge on any atom is 0.381 e. The number of esters is 1. The zero-order chi connectivity index (χ0) is 22.9. The summed E-state index contributed by atoms with van der Waals surface area (Å²) in [5, 5.41) is 12.4. The Balaban J connectivity index is 0.000000412. The lowest BCUT2D eigenvalue weighted by Gasteiger charge is -2.19. The van der Waals surface area contributed by atoms with Gasteiger partial charge in [-0.15, -0.1) is 5.10 Å². The summed E-state index contributed by atoms with van der Waals surface area (Å²) in [7, 11) is 0. The zero-order valence-corrected chi connectivity index (χ0v) is 19.4. The third kappa shape index (κ3) is 6.87. The fourth-order valence-electron chi connectivity index (χ4n) is 2.36. The van der Waals surface area contributed by atoms with Crippen molar-refractivity contribution >= 4 is 30.1 Å². The molecule has 0 aromatic carbocycles. The van der Waals surface area contributed by atoms with E-state index >= 15 is 0 Å². The molecule has 10 nitrogen and oxygen atoms in total. The number of hydrogen-bond acceptors (Lipinski definition) is 9. The van der Waals surface area contributed by atoms with Gasteiger partial charge in [0.05, 0.1) is 31.1 Å². The SMILES string of the molecule is CCOC(=O)c1cn2nc(OP(=S)(OCC)OCC)cc2nc1C.N#Cn1cccc1. The Bertz CT molecular complexity index is 1080. The Morgan fingerprint density at radius 2 is 1.84 bits per heavy atom. The standard InChI is InChI=1S/C14H20N3O5PS.C5H4N2/c1-5-19-14(18)11-9-17-12(15-10(11)4)8-13(16-17)22-23(24,20-6-2)21-7-3;6-5-7-3-1-2-4-7/h8-9H,5-7H2,1-4H3;1-4H. The van der Waals surface area contributed by atoms with Crippen molar-refractivity contribution in [2.45, 2.75) is 27.7 Å². The molecule has 3 aromatic rings. The van der Waals surface area contributed by atoms with Crippen molar-refractivity contribution in [2.75, 3.05) is 19.8 Å². The van der Waals surface area contributed by atoms with E-state index in [9.17, 15) is 4.79 Å². The zero-order valence-electron chi connectivity index (χ0n) is 17.7. The van der Waals surface area contributed by atoms with Gasteiger partial charge in [0.2, 0.25) is 5.88 Å². The van der Waals surface area contributed by atoms with E-state index in [4.69, 9.17) is 35.4 Å². The monoisotopic (exact) mass is 465 g/mol. The highest BCUT2D eigenvalue weighted by molar-refractivity contribution is 8.07. The molecule has 0 atom stereocenters. The van der Waals surface area contributed by atoms with Crippen LogP contribution in [0.1, 0.15) is 36.8 Å². The molecule has 0 unspecified atom stereocenters. The van der Waals surface area contributed by atoms with Crippen LogP contribution in [0.5, 0.6) is 5.88 Å². The van der Waals surface area contributed by atoms with Gasteiger partial charge < -0.3 is 9.26 Å². The molecule has 0 fully saturated rings. The molecule has 3 aromatic heterocycles. The first-order chi connectivity index (χ1) is 14.9. The van der Waals surface area contributed by atoms with Crippen LogP contribution in [0.15, 0.2) is 36.8 Å². The van der Waals surface area contributed by atoms with Crippen LogP contribution in [-0.4, -0.2) is 45.0 Å². The average Bonchev–Trinajstić information content (AvgIpc) is 3.37. The number of carbonyl (C=O) groups is 1. The predicted molar refractivity (Wildman–Crippen MR) is 117 cm³/mol. The van der Waals surface area contributed by atoms with Crippen molar-refractivity contribution < 1.29 is 23.1 Å². The molecule has 0 amide bonds. The van der Waals surface area contributed by atoms with Gasteiger partial charge in [-0.3, -0.25) is 13.6 Å². The van der Waals surface area contributed by atoms with Crippen molar-refractivity contribution in [3.05, 3.63) is 48.0 Å². The number of aromatic nitrogens is 4. The number of ether oxygens (including phenoxy) is 1. The van der Waals surface area contributed by atoms with Crippen LogP contribution >= 0.6 is 6.72 Å². The predicted octanol–water partition coefficient (Wildman–Crippen LogP) is 3.71. The third-order valence-electron chi connectivity index (χ3n) is 3.61. The number of aryl methyl sites for hydroxylation is 1. The lowest BCUT2D eigenvalue weighted by Crippen LogP contribution is -2.10. The van der Waals surface area contributed by atoms with Crippen LogP contribution in [0.3, 0.4) is 0 Å². The molecule has 0 radical (unpaired) electrons. The number of nitrogens with zero attached hydrogens (tertiary/aromatic N) is 5. The maximum atomic E-state index is 11.9. The van der Waals surface area contributed by atoms with E-state index in [-0.39, 0.29) is 12.5 Å². The summed E-state index contributed by atoms with van der Waals surface area (Å²) in [6.07, 6.45) is 6.86. The number of hydrogen-bond donors (Lipinski definition) is 0. The van der Waals surface area contributed by atoms with E-state index in [2.05, 4.69) is 10.1 Å². The Morgan fingerprint density at radius 3 is 2.35 bits per heavy atom. The number of carbonyl (C=O) groups excluding carboxylic acids is 1. The van der Waals surface area contributed by atoms with Crippen molar-refractivity contribution in [3.8, 4) is 12.1 Å².